The molecule has 1 aromatic heterocycles. The molecule has 1 aromatic carbocycles. The third kappa shape index (κ3) is 2.85. The van der Waals surface area contributed by atoms with Crippen LogP contribution in [0.25, 0.3) is 0 Å². The Kier molecular flexibility index (Phi) is 4.02. The minimum atomic E-state index is 0.0227. The van der Waals surface area contributed by atoms with Gasteiger partial charge in [-0.05, 0) is 24.0 Å². The standard InChI is InChI=1S/C16H20N2O2/c1-2-8-18-11-14(10-17-18)20-12-16-15-6-4-3-5-13(15)7-9-19-16/h3-6,10-11,16H,2,7-9,12H2,1H3. The van der Waals surface area contributed by atoms with Gasteiger partial charge in [0.1, 0.15) is 12.7 Å². The monoisotopic (exact) mass is 272 g/mol. The van der Waals surface area contributed by atoms with Crippen molar-refractivity contribution in [3.05, 3.63) is 47.8 Å². The van der Waals surface area contributed by atoms with E-state index in [1.165, 1.54) is 11.1 Å². The van der Waals surface area contributed by atoms with Crippen molar-refractivity contribution in [2.45, 2.75) is 32.4 Å². The minimum absolute atomic E-state index is 0.0227. The van der Waals surface area contributed by atoms with Gasteiger partial charge in [0.15, 0.2) is 5.75 Å². The van der Waals surface area contributed by atoms with Crippen LogP contribution >= 0.6 is 0 Å². The number of nitrogens with zero attached hydrogens (tertiary/aromatic N) is 2. The van der Waals surface area contributed by atoms with Crippen molar-refractivity contribution in [3.63, 3.8) is 0 Å². The number of rotatable bonds is 5. The molecule has 3 rings (SSSR count). The summed E-state index contributed by atoms with van der Waals surface area (Å²) in [5, 5.41) is 4.26. The molecule has 0 bridgehead atoms. The Hall–Kier alpha value is -1.81. The van der Waals surface area contributed by atoms with E-state index in [9.17, 15) is 0 Å². The third-order valence-corrected chi connectivity index (χ3v) is 3.56. The summed E-state index contributed by atoms with van der Waals surface area (Å²) in [7, 11) is 0. The molecule has 0 saturated heterocycles. The maximum atomic E-state index is 5.83. The lowest BCUT2D eigenvalue weighted by Crippen LogP contribution is -2.21. The third-order valence-electron chi connectivity index (χ3n) is 3.56. The molecule has 2 heterocycles. The second kappa shape index (κ2) is 6.09. The Balaban J connectivity index is 1.64. The molecule has 1 aliphatic heterocycles. The molecule has 4 nitrogen and oxygen atoms in total. The largest absolute Gasteiger partial charge is 0.487 e. The van der Waals surface area contributed by atoms with Crippen LogP contribution in [0, 0.1) is 0 Å². The van der Waals surface area contributed by atoms with Crippen molar-refractivity contribution < 1.29 is 9.47 Å². The van der Waals surface area contributed by atoms with Crippen LogP contribution in [0.1, 0.15) is 30.6 Å². The van der Waals surface area contributed by atoms with Crippen molar-refractivity contribution >= 4 is 0 Å². The van der Waals surface area contributed by atoms with Crippen LogP contribution in [0.2, 0.25) is 0 Å². The highest BCUT2D eigenvalue weighted by molar-refractivity contribution is 5.31. The van der Waals surface area contributed by atoms with Gasteiger partial charge in [-0.15, -0.1) is 0 Å². The first-order chi connectivity index (χ1) is 9.86. The van der Waals surface area contributed by atoms with Gasteiger partial charge in [0.2, 0.25) is 0 Å². The van der Waals surface area contributed by atoms with Crippen LogP contribution in [-0.4, -0.2) is 23.0 Å². The van der Waals surface area contributed by atoms with E-state index in [4.69, 9.17) is 9.47 Å². The van der Waals surface area contributed by atoms with Crippen molar-refractivity contribution in [1.29, 1.82) is 0 Å². The van der Waals surface area contributed by atoms with Gasteiger partial charge in [-0.2, -0.15) is 5.10 Å². The van der Waals surface area contributed by atoms with E-state index >= 15 is 0 Å². The summed E-state index contributed by atoms with van der Waals surface area (Å²) in [6.45, 7) is 4.36. The Morgan fingerprint density at radius 1 is 1.40 bits per heavy atom. The highest BCUT2D eigenvalue weighted by Crippen LogP contribution is 2.27. The zero-order chi connectivity index (χ0) is 13.8. The summed E-state index contributed by atoms with van der Waals surface area (Å²) in [6, 6.07) is 8.43. The van der Waals surface area contributed by atoms with Gasteiger partial charge >= 0.3 is 0 Å². The molecule has 4 heteroatoms. The van der Waals surface area contributed by atoms with Crippen molar-refractivity contribution in [2.75, 3.05) is 13.2 Å². The molecule has 0 radical (unpaired) electrons. The van der Waals surface area contributed by atoms with Crippen LogP contribution < -0.4 is 4.74 Å². The topological polar surface area (TPSA) is 36.3 Å². The molecule has 0 amide bonds. The fourth-order valence-electron chi connectivity index (χ4n) is 2.56. The Bertz CT molecular complexity index is 565. The molecular weight excluding hydrogens is 252 g/mol. The van der Waals surface area contributed by atoms with Gasteiger partial charge in [-0.25, -0.2) is 0 Å². The van der Waals surface area contributed by atoms with E-state index in [1.807, 2.05) is 10.9 Å². The van der Waals surface area contributed by atoms with Crippen molar-refractivity contribution in [2.24, 2.45) is 0 Å². The average Bonchev–Trinajstić information content (AvgIpc) is 2.93. The molecule has 1 atom stereocenters. The molecule has 0 spiro atoms. The number of aryl methyl sites for hydroxylation is 1. The molecule has 2 aromatic rings. The number of ether oxygens (including phenoxy) is 2. The van der Waals surface area contributed by atoms with Gasteiger partial charge < -0.3 is 9.47 Å². The summed E-state index contributed by atoms with van der Waals surface area (Å²) in [5.41, 5.74) is 2.62. The summed E-state index contributed by atoms with van der Waals surface area (Å²) < 4.78 is 13.6. The normalized spacial score (nSPS) is 17.8. The zero-order valence-electron chi connectivity index (χ0n) is 11.8. The van der Waals surface area contributed by atoms with Crippen LogP contribution in [0.3, 0.4) is 0 Å². The molecule has 0 N–H and O–H groups in total. The fourth-order valence-corrected chi connectivity index (χ4v) is 2.56. The van der Waals surface area contributed by atoms with Gasteiger partial charge in [0.05, 0.1) is 19.0 Å². The van der Waals surface area contributed by atoms with Crippen molar-refractivity contribution in [1.82, 2.24) is 9.78 Å². The van der Waals surface area contributed by atoms with E-state index in [0.717, 1.165) is 31.7 Å². The zero-order valence-corrected chi connectivity index (χ0v) is 11.8. The molecule has 0 fully saturated rings. The van der Waals surface area contributed by atoms with Crippen LogP contribution in [0.4, 0.5) is 0 Å². The van der Waals surface area contributed by atoms with E-state index in [2.05, 4.69) is 36.3 Å². The van der Waals surface area contributed by atoms with Gasteiger partial charge in [0.25, 0.3) is 0 Å². The van der Waals surface area contributed by atoms with E-state index < -0.39 is 0 Å². The lowest BCUT2D eigenvalue weighted by Gasteiger charge is -2.25. The molecule has 20 heavy (non-hydrogen) atoms. The molecule has 0 saturated carbocycles. The average molecular weight is 272 g/mol. The number of fused-ring (bicyclic) bond motifs is 1. The molecule has 106 valence electrons. The highest BCUT2D eigenvalue weighted by Gasteiger charge is 2.21. The molecular formula is C16H20N2O2. The summed E-state index contributed by atoms with van der Waals surface area (Å²) in [5.74, 6) is 0.810. The number of hydrogen-bond donors (Lipinski definition) is 0. The quantitative estimate of drug-likeness (QED) is 0.839. The van der Waals surface area contributed by atoms with Gasteiger partial charge in [-0.3, -0.25) is 4.68 Å². The minimum Gasteiger partial charge on any atom is -0.487 e. The molecule has 0 aliphatic carbocycles. The van der Waals surface area contributed by atoms with Gasteiger partial charge in [0, 0.05) is 6.54 Å². The predicted octanol–water partition coefficient (Wildman–Crippen LogP) is 2.99. The maximum absolute atomic E-state index is 5.83. The SMILES string of the molecule is CCCn1cc(OCC2OCCc3ccccc32)cn1. The van der Waals surface area contributed by atoms with Gasteiger partial charge in [-0.1, -0.05) is 31.2 Å². The highest BCUT2D eigenvalue weighted by atomic mass is 16.5. The lowest BCUT2D eigenvalue weighted by molar-refractivity contribution is 0.0102. The Morgan fingerprint density at radius 3 is 3.20 bits per heavy atom. The van der Waals surface area contributed by atoms with E-state index in [0.29, 0.717) is 6.61 Å². The van der Waals surface area contributed by atoms with Crippen molar-refractivity contribution in [3.8, 4) is 5.75 Å². The Morgan fingerprint density at radius 2 is 2.30 bits per heavy atom. The van der Waals surface area contributed by atoms with E-state index in [-0.39, 0.29) is 6.10 Å². The number of hydrogen-bond acceptors (Lipinski definition) is 3. The first-order valence-electron chi connectivity index (χ1n) is 7.21. The summed E-state index contributed by atoms with van der Waals surface area (Å²) in [4.78, 5) is 0. The predicted molar refractivity (Wildman–Crippen MR) is 76.9 cm³/mol. The fraction of sp³-hybridized carbons (Fsp3) is 0.438. The summed E-state index contributed by atoms with van der Waals surface area (Å²) >= 11 is 0. The van der Waals surface area contributed by atoms with Crippen LogP contribution in [0.15, 0.2) is 36.7 Å². The van der Waals surface area contributed by atoms with Crippen LogP contribution in [-0.2, 0) is 17.7 Å². The first kappa shape index (κ1) is 13.2. The second-order valence-electron chi connectivity index (χ2n) is 5.06. The molecule has 1 aliphatic rings. The second-order valence-corrected chi connectivity index (χ2v) is 5.06. The van der Waals surface area contributed by atoms with Crippen LogP contribution in [0.5, 0.6) is 5.75 Å². The molecule has 1 unspecified atom stereocenters. The smallest absolute Gasteiger partial charge is 0.157 e. The maximum Gasteiger partial charge on any atom is 0.157 e. The first-order valence-corrected chi connectivity index (χ1v) is 7.21. The summed E-state index contributed by atoms with van der Waals surface area (Å²) in [6.07, 6.45) is 5.79. The number of benzene rings is 1. The lowest BCUT2D eigenvalue weighted by atomic mass is 9.98. The Labute approximate surface area is 119 Å². The number of aromatic nitrogens is 2. The van der Waals surface area contributed by atoms with E-state index in [1.54, 1.807) is 6.20 Å².